The number of hydrogen-bond acceptors (Lipinski definition) is 5. The Morgan fingerprint density at radius 2 is 1.32 bits per heavy atom. The van der Waals surface area contributed by atoms with Gasteiger partial charge in [0.15, 0.2) is 11.7 Å². The van der Waals surface area contributed by atoms with E-state index in [1.54, 1.807) is 7.11 Å². The van der Waals surface area contributed by atoms with Crippen molar-refractivity contribution in [2.24, 2.45) is 9.98 Å². The molecule has 0 spiro atoms. The van der Waals surface area contributed by atoms with Crippen LogP contribution in [-0.4, -0.2) is 24.7 Å². The highest BCUT2D eigenvalue weighted by Crippen LogP contribution is 2.29. The molecule has 5 rings (SSSR count). The van der Waals surface area contributed by atoms with Gasteiger partial charge in [-0.05, 0) is 55.8 Å². The van der Waals surface area contributed by atoms with Crippen molar-refractivity contribution < 1.29 is 9.53 Å². The van der Waals surface area contributed by atoms with Gasteiger partial charge in [-0.2, -0.15) is 0 Å². The minimum absolute atomic E-state index is 0.287. The van der Waals surface area contributed by atoms with Crippen molar-refractivity contribution in [3.8, 4) is 5.75 Å². The number of amides is 1. The lowest BCUT2D eigenvalue weighted by atomic mass is 10.0. The fourth-order valence-electron chi connectivity index (χ4n) is 4.06. The number of aryl methyl sites for hydroxylation is 2. The molecule has 0 saturated heterocycles. The SMILES string of the molecule is COc1ccc(/C(C(=O)Nc2ccc(C)cc2)=C2\N=C(c3ccccc3)N=C2Nc2ccc(C)cc2)cc1. The lowest BCUT2D eigenvalue weighted by Gasteiger charge is -2.14. The fourth-order valence-corrected chi connectivity index (χ4v) is 4.06. The molecule has 38 heavy (non-hydrogen) atoms. The zero-order valence-electron chi connectivity index (χ0n) is 21.5. The molecule has 4 aromatic carbocycles. The Labute approximate surface area is 222 Å². The molecule has 0 bridgehead atoms. The Balaban J connectivity index is 1.65. The summed E-state index contributed by atoms with van der Waals surface area (Å²) in [5, 5.41) is 6.43. The molecule has 188 valence electrons. The average molecular weight is 501 g/mol. The second kappa shape index (κ2) is 11.0. The van der Waals surface area contributed by atoms with Crippen molar-refractivity contribution in [2.75, 3.05) is 17.7 Å². The van der Waals surface area contributed by atoms with Gasteiger partial charge in [-0.1, -0.05) is 77.9 Å². The maximum Gasteiger partial charge on any atom is 0.258 e. The molecule has 0 atom stereocenters. The first kappa shape index (κ1) is 24.7. The van der Waals surface area contributed by atoms with E-state index in [1.165, 1.54) is 0 Å². The van der Waals surface area contributed by atoms with E-state index < -0.39 is 0 Å². The van der Waals surface area contributed by atoms with Crippen LogP contribution in [0.1, 0.15) is 22.3 Å². The number of aliphatic imine (C=N–C) groups is 2. The topological polar surface area (TPSA) is 75.1 Å². The molecule has 0 radical (unpaired) electrons. The predicted molar refractivity (Wildman–Crippen MR) is 155 cm³/mol. The van der Waals surface area contributed by atoms with Gasteiger partial charge >= 0.3 is 0 Å². The lowest BCUT2D eigenvalue weighted by molar-refractivity contribution is -0.111. The highest BCUT2D eigenvalue weighted by Gasteiger charge is 2.27. The summed E-state index contributed by atoms with van der Waals surface area (Å²) >= 11 is 0. The van der Waals surface area contributed by atoms with E-state index in [4.69, 9.17) is 14.7 Å². The van der Waals surface area contributed by atoms with Crippen LogP contribution in [0.3, 0.4) is 0 Å². The number of anilines is 2. The fraction of sp³-hybridized carbons (Fsp3) is 0.0938. The zero-order valence-corrected chi connectivity index (χ0v) is 21.5. The van der Waals surface area contributed by atoms with E-state index in [0.717, 1.165) is 22.4 Å². The highest BCUT2D eigenvalue weighted by molar-refractivity contribution is 6.35. The minimum Gasteiger partial charge on any atom is -0.497 e. The van der Waals surface area contributed by atoms with Crippen molar-refractivity contribution in [2.45, 2.75) is 13.8 Å². The van der Waals surface area contributed by atoms with Gasteiger partial charge in [-0.25, -0.2) is 9.98 Å². The maximum absolute atomic E-state index is 13.9. The first-order chi connectivity index (χ1) is 18.5. The van der Waals surface area contributed by atoms with E-state index >= 15 is 0 Å². The molecule has 4 aromatic rings. The van der Waals surface area contributed by atoms with Crippen molar-refractivity contribution in [1.82, 2.24) is 0 Å². The predicted octanol–water partition coefficient (Wildman–Crippen LogP) is 6.63. The smallest absolute Gasteiger partial charge is 0.258 e. The Bertz CT molecular complexity index is 1530. The maximum atomic E-state index is 13.9. The first-order valence-electron chi connectivity index (χ1n) is 12.3. The van der Waals surface area contributed by atoms with Crippen LogP contribution in [0.5, 0.6) is 5.75 Å². The van der Waals surface area contributed by atoms with Crippen molar-refractivity contribution in [1.29, 1.82) is 0 Å². The molecule has 1 amide bonds. The Morgan fingerprint density at radius 3 is 1.92 bits per heavy atom. The Morgan fingerprint density at radius 1 is 0.711 bits per heavy atom. The third-order valence-corrected chi connectivity index (χ3v) is 6.16. The monoisotopic (exact) mass is 500 g/mol. The van der Waals surface area contributed by atoms with Gasteiger partial charge in [-0.15, -0.1) is 0 Å². The normalized spacial score (nSPS) is 13.9. The van der Waals surface area contributed by atoms with Gasteiger partial charge in [0.25, 0.3) is 5.91 Å². The molecule has 6 nitrogen and oxygen atoms in total. The molecule has 0 saturated carbocycles. The van der Waals surface area contributed by atoms with E-state index in [1.807, 2.05) is 117 Å². The molecule has 0 unspecified atom stereocenters. The summed E-state index contributed by atoms with van der Waals surface area (Å²) in [5.74, 6) is 1.44. The summed E-state index contributed by atoms with van der Waals surface area (Å²) in [6, 6.07) is 32.8. The van der Waals surface area contributed by atoms with Gasteiger partial charge in [0, 0.05) is 16.9 Å². The van der Waals surface area contributed by atoms with E-state index in [-0.39, 0.29) is 5.91 Å². The number of hydrogen-bond donors (Lipinski definition) is 2. The van der Waals surface area contributed by atoms with Crippen LogP contribution in [0, 0.1) is 13.8 Å². The molecular weight excluding hydrogens is 472 g/mol. The number of benzene rings is 4. The lowest BCUT2D eigenvalue weighted by Crippen LogP contribution is -2.20. The first-order valence-corrected chi connectivity index (χ1v) is 12.3. The molecule has 1 heterocycles. The number of methoxy groups -OCH3 is 1. The summed E-state index contributed by atoms with van der Waals surface area (Å²) in [4.78, 5) is 23.6. The van der Waals surface area contributed by atoms with Crippen molar-refractivity contribution >= 4 is 34.5 Å². The van der Waals surface area contributed by atoms with E-state index in [9.17, 15) is 4.79 Å². The van der Waals surface area contributed by atoms with Crippen LogP contribution in [0.25, 0.3) is 5.57 Å². The van der Waals surface area contributed by atoms with E-state index in [2.05, 4.69) is 10.6 Å². The number of carbonyl (C=O) groups excluding carboxylic acids is 1. The van der Waals surface area contributed by atoms with Crippen LogP contribution in [0.15, 0.2) is 119 Å². The van der Waals surface area contributed by atoms with Crippen LogP contribution in [0.2, 0.25) is 0 Å². The van der Waals surface area contributed by atoms with Crippen molar-refractivity contribution in [3.63, 3.8) is 0 Å². The largest absolute Gasteiger partial charge is 0.497 e. The summed E-state index contributed by atoms with van der Waals surface area (Å²) in [5.41, 5.74) is 6.22. The molecule has 0 aliphatic carbocycles. The molecule has 0 aromatic heterocycles. The molecule has 6 heteroatoms. The van der Waals surface area contributed by atoms with E-state index in [0.29, 0.717) is 39.9 Å². The van der Waals surface area contributed by atoms with Gasteiger partial charge in [-0.3, -0.25) is 4.79 Å². The molecular formula is C32H28N4O2. The number of amidine groups is 2. The summed E-state index contributed by atoms with van der Waals surface area (Å²) < 4.78 is 5.35. The Hall–Kier alpha value is -4.97. The standard InChI is InChI=1S/C32H28N4O2/c1-21-9-15-25(16-10-21)33-31-29(35-30(36-31)24-7-5-4-6-8-24)28(23-13-19-27(38-3)20-14-23)32(37)34-26-17-11-22(2)12-18-26/h4-20H,1-3H3,(H,34,37)(H,33,35,36)/b29-28+. The van der Waals surface area contributed by atoms with Gasteiger partial charge < -0.3 is 15.4 Å². The van der Waals surface area contributed by atoms with Crippen molar-refractivity contribution in [3.05, 3.63) is 131 Å². The zero-order chi connectivity index (χ0) is 26.5. The second-order valence-corrected chi connectivity index (χ2v) is 9.03. The average Bonchev–Trinajstić information content (AvgIpc) is 3.35. The number of ether oxygens (including phenoxy) is 1. The number of nitrogens with one attached hydrogen (secondary N) is 2. The minimum atomic E-state index is -0.287. The molecule has 2 N–H and O–H groups in total. The quantitative estimate of drug-likeness (QED) is 0.292. The van der Waals surface area contributed by atoms with Crippen LogP contribution < -0.4 is 15.4 Å². The number of rotatable bonds is 6. The third kappa shape index (κ3) is 5.55. The number of nitrogens with zero attached hydrogens (tertiary/aromatic N) is 2. The summed E-state index contributed by atoms with van der Waals surface area (Å²) in [7, 11) is 1.61. The van der Waals surface area contributed by atoms with Gasteiger partial charge in [0.1, 0.15) is 11.4 Å². The van der Waals surface area contributed by atoms with Crippen LogP contribution in [-0.2, 0) is 4.79 Å². The molecule has 1 aliphatic rings. The van der Waals surface area contributed by atoms with Crippen LogP contribution in [0.4, 0.5) is 11.4 Å². The summed E-state index contributed by atoms with van der Waals surface area (Å²) in [6.07, 6.45) is 0. The molecule has 1 aliphatic heterocycles. The third-order valence-electron chi connectivity index (χ3n) is 6.16. The highest BCUT2D eigenvalue weighted by atomic mass is 16.5. The Kier molecular flexibility index (Phi) is 7.13. The van der Waals surface area contributed by atoms with Gasteiger partial charge in [0.2, 0.25) is 0 Å². The summed E-state index contributed by atoms with van der Waals surface area (Å²) in [6.45, 7) is 4.05. The second-order valence-electron chi connectivity index (χ2n) is 9.03. The number of carbonyl (C=O) groups is 1. The van der Waals surface area contributed by atoms with Gasteiger partial charge in [0.05, 0.1) is 12.7 Å². The van der Waals surface area contributed by atoms with Crippen LogP contribution >= 0.6 is 0 Å². The molecule has 0 fully saturated rings.